The standard InChI is InChI=1S/C15H18N4O9S/c1-29(24,25)28-12-6-14(17-27-9-13(16)20)18(7-12)15(21)26-8-10-2-4-11(5-3-10)19(22)23/h2-5,12H,6-9H2,1H3,(H2,16,20)/t12-/m1/s1. The lowest BCUT2D eigenvalue weighted by molar-refractivity contribution is -0.384. The van der Waals surface area contributed by atoms with Gasteiger partial charge in [-0.2, -0.15) is 8.42 Å². The van der Waals surface area contributed by atoms with Crippen molar-refractivity contribution < 1.29 is 36.7 Å². The van der Waals surface area contributed by atoms with Gasteiger partial charge in [0.05, 0.1) is 17.7 Å². The first kappa shape index (κ1) is 22.0. The highest BCUT2D eigenvalue weighted by molar-refractivity contribution is 7.86. The van der Waals surface area contributed by atoms with Crippen molar-refractivity contribution in [1.29, 1.82) is 0 Å². The summed E-state index contributed by atoms with van der Waals surface area (Å²) in [4.78, 5) is 38.9. The average Bonchev–Trinajstić information content (AvgIpc) is 3.00. The summed E-state index contributed by atoms with van der Waals surface area (Å²) in [6.45, 7) is -0.905. The second-order valence-corrected chi connectivity index (χ2v) is 7.56. The second kappa shape index (κ2) is 9.29. The van der Waals surface area contributed by atoms with Crippen molar-refractivity contribution in [3.05, 3.63) is 39.9 Å². The lowest BCUT2D eigenvalue weighted by Gasteiger charge is -2.16. The van der Waals surface area contributed by atoms with Crippen LogP contribution in [-0.4, -0.2) is 61.6 Å². The van der Waals surface area contributed by atoms with Gasteiger partial charge in [0.25, 0.3) is 21.7 Å². The summed E-state index contributed by atoms with van der Waals surface area (Å²) in [6, 6.07) is 5.38. The van der Waals surface area contributed by atoms with Crippen molar-refractivity contribution in [3.8, 4) is 0 Å². The molecule has 0 unspecified atom stereocenters. The lowest BCUT2D eigenvalue weighted by atomic mass is 10.2. The Morgan fingerprint density at radius 3 is 2.55 bits per heavy atom. The topological polar surface area (TPSA) is 181 Å². The van der Waals surface area contributed by atoms with E-state index in [0.29, 0.717) is 5.56 Å². The molecule has 1 aliphatic heterocycles. The number of nitro benzene ring substituents is 1. The first-order valence-electron chi connectivity index (χ1n) is 8.08. The van der Waals surface area contributed by atoms with Crippen molar-refractivity contribution in [2.24, 2.45) is 10.9 Å². The molecule has 0 spiro atoms. The maximum absolute atomic E-state index is 12.4. The third-order valence-corrected chi connectivity index (χ3v) is 4.15. The fraction of sp³-hybridized carbons (Fsp3) is 0.400. The number of nitrogens with two attached hydrogens (primary N) is 1. The number of nitro groups is 1. The largest absolute Gasteiger partial charge is 0.444 e. The molecule has 1 aromatic rings. The fourth-order valence-electron chi connectivity index (χ4n) is 2.37. The molecule has 2 amide bonds. The Morgan fingerprint density at radius 1 is 1.34 bits per heavy atom. The van der Waals surface area contributed by atoms with E-state index in [-0.39, 0.29) is 31.1 Å². The molecule has 29 heavy (non-hydrogen) atoms. The third-order valence-electron chi connectivity index (χ3n) is 3.53. The van der Waals surface area contributed by atoms with Crippen molar-refractivity contribution in [3.63, 3.8) is 0 Å². The fourth-order valence-corrected chi connectivity index (χ4v) is 3.00. The summed E-state index contributed by atoms with van der Waals surface area (Å²) in [5.74, 6) is -0.794. The number of oxime groups is 1. The molecule has 0 aromatic heterocycles. The van der Waals surface area contributed by atoms with E-state index >= 15 is 0 Å². The van der Waals surface area contributed by atoms with Crippen LogP contribution in [0.3, 0.4) is 0 Å². The van der Waals surface area contributed by atoms with Crippen molar-refractivity contribution in [1.82, 2.24) is 4.90 Å². The molecule has 0 saturated carbocycles. The Balaban J connectivity index is 2.04. The van der Waals surface area contributed by atoms with E-state index < -0.39 is 39.8 Å². The second-order valence-electron chi connectivity index (χ2n) is 5.96. The number of hydrogen-bond acceptors (Lipinski definition) is 10. The molecular formula is C15H18N4O9S. The van der Waals surface area contributed by atoms with Gasteiger partial charge in [-0.15, -0.1) is 0 Å². The Hall–Kier alpha value is -3.26. The van der Waals surface area contributed by atoms with Gasteiger partial charge in [-0.1, -0.05) is 5.16 Å². The minimum absolute atomic E-state index is 0.00593. The third kappa shape index (κ3) is 7.00. The normalized spacial score (nSPS) is 17.9. The van der Waals surface area contributed by atoms with E-state index in [1.165, 1.54) is 24.3 Å². The van der Waals surface area contributed by atoms with E-state index in [4.69, 9.17) is 19.5 Å². The van der Waals surface area contributed by atoms with Gasteiger partial charge >= 0.3 is 6.09 Å². The zero-order valence-corrected chi connectivity index (χ0v) is 16.0. The van der Waals surface area contributed by atoms with E-state index in [1.807, 2.05) is 0 Å². The predicted octanol–water partition coefficient (Wildman–Crippen LogP) is 0.0973. The van der Waals surface area contributed by atoms with Gasteiger partial charge in [0, 0.05) is 18.6 Å². The summed E-state index contributed by atoms with van der Waals surface area (Å²) in [6.07, 6.45) is -1.00. The number of carbonyl (C=O) groups is 2. The maximum atomic E-state index is 12.4. The molecule has 158 valence electrons. The molecular weight excluding hydrogens is 412 g/mol. The molecule has 2 N–H and O–H groups in total. The quantitative estimate of drug-likeness (QED) is 0.340. The number of rotatable bonds is 8. The monoisotopic (exact) mass is 430 g/mol. The van der Waals surface area contributed by atoms with Crippen LogP contribution in [0.15, 0.2) is 29.4 Å². The predicted molar refractivity (Wildman–Crippen MR) is 96.9 cm³/mol. The molecule has 1 heterocycles. The molecule has 0 radical (unpaired) electrons. The first-order chi connectivity index (χ1) is 13.5. The molecule has 0 aliphatic carbocycles. The Labute approximate surface area is 165 Å². The van der Waals surface area contributed by atoms with Gasteiger partial charge in [0.15, 0.2) is 12.4 Å². The van der Waals surface area contributed by atoms with Gasteiger partial charge < -0.3 is 15.3 Å². The number of ether oxygens (including phenoxy) is 1. The first-order valence-corrected chi connectivity index (χ1v) is 9.90. The zero-order chi connectivity index (χ0) is 21.6. The van der Waals surface area contributed by atoms with Crippen molar-refractivity contribution >= 4 is 33.6 Å². The number of hydrogen-bond donors (Lipinski definition) is 1. The zero-order valence-electron chi connectivity index (χ0n) is 15.2. The molecule has 1 atom stereocenters. The van der Waals surface area contributed by atoms with Crippen LogP contribution in [-0.2, 0) is 35.3 Å². The van der Waals surface area contributed by atoms with Crippen LogP contribution in [0.25, 0.3) is 0 Å². The number of benzene rings is 1. The van der Waals surface area contributed by atoms with Crippen LogP contribution >= 0.6 is 0 Å². The Kier molecular flexibility index (Phi) is 7.06. The van der Waals surface area contributed by atoms with E-state index in [1.54, 1.807) is 0 Å². The number of carbonyl (C=O) groups excluding carboxylic acids is 2. The lowest BCUT2D eigenvalue weighted by Crippen LogP contribution is -2.34. The molecule has 1 aliphatic rings. The molecule has 1 saturated heterocycles. The SMILES string of the molecule is CS(=O)(=O)O[C@@H]1CC(=NOCC(N)=O)N(C(=O)OCc2ccc([N+](=O)[O-])cc2)C1. The number of amidine groups is 1. The van der Waals surface area contributed by atoms with Crippen LogP contribution in [0.1, 0.15) is 12.0 Å². The van der Waals surface area contributed by atoms with Gasteiger partial charge in [-0.25, -0.2) is 4.79 Å². The number of amides is 2. The highest BCUT2D eigenvalue weighted by Gasteiger charge is 2.36. The van der Waals surface area contributed by atoms with Crippen molar-refractivity contribution in [2.75, 3.05) is 19.4 Å². The number of non-ortho nitro benzene ring substituents is 1. The van der Waals surface area contributed by atoms with Crippen LogP contribution in [0, 0.1) is 10.1 Å². The summed E-state index contributed by atoms with van der Waals surface area (Å²) in [5, 5.41) is 14.3. The summed E-state index contributed by atoms with van der Waals surface area (Å²) in [5.41, 5.74) is 5.33. The van der Waals surface area contributed by atoms with Gasteiger partial charge in [0.2, 0.25) is 0 Å². The van der Waals surface area contributed by atoms with E-state index in [0.717, 1.165) is 11.2 Å². The van der Waals surface area contributed by atoms with Crippen LogP contribution in [0.5, 0.6) is 0 Å². The molecule has 0 bridgehead atoms. The van der Waals surface area contributed by atoms with Gasteiger partial charge in [-0.05, 0) is 17.7 Å². The Morgan fingerprint density at radius 2 is 2.00 bits per heavy atom. The number of likely N-dealkylation sites (tertiary alicyclic amines) is 1. The summed E-state index contributed by atoms with van der Waals surface area (Å²) >= 11 is 0. The maximum Gasteiger partial charge on any atom is 0.415 e. The molecule has 13 nitrogen and oxygen atoms in total. The molecule has 1 aromatic carbocycles. The minimum Gasteiger partial charge on any atom is -0.444 e. The highest BCUT2D eigenvalue weighted by atomic mass is 32.2. The average molecular weight is 430 g/mol. The van der Waals surface area contributed by atoms with Crippen LogP contribution in [0.4, 0.5) is 10.5 Å². The molecule has 1 fully saturated rings. The van der Waals surface area contributed by atoms with Gasteiger partial charge in [-0.3, -0.25) is 24.0 Å². The number of nitrogens with zero attached hydrogens (tertiary/aromatic N) is 3. The molecule has 14 heteroatoms. The smallest absolute Gasteiger partial charge is 0.415 e. The molecule has 2 rings (SSSR count). The van der Waals surface area contributed by atoms with Crippen molar-refractivity contribution in [2.45, 2.75) is 19.1 Å². The van der Waals surface area contributed by atoms with Gasteiger partial charge in [0.1, 0.15) is 12.7 Å². The van der Waals surface area contributed by atoms with E-state index in [2.05, 4.69) is 5.16 Å². The van der Waals surface area contributed by atoms with E-state index in [9.17, 15) is 28.1 Å². The summed E-state index contributed by atoms with van der Waals surface area (Å²) < 4.78 is 32.6. The minimum atomic E-state index is -3.78. The Bertz CT molecular complexity index is 914. The number of primary amides is 1. The van der Waals surface area contributed by atoms with Crippen LogP contribution in [0.2, 0.25) is 0 Å². The van der Waals surface area contributed by atoms with Crippen LogP contribution < -0.4 is 5.73 Å². The summed E-state index contributed by atoms with van der Waals surface area (Å²) in [7, 11) is -3.78. The highest BCUT2D eigenvalue weighted by Crippen LogP contribution is 2.20.